The number of halogens is 5. The van der Waals surface area contributed by atoms with Crippen molar-refractivity contribution in [2.24, 2.45) is 0 Å². The molecule has 0 saturated heterocycles. The summed E-state index contributed by atoms with van der Waals surface area (Å²) in [6, 6.07) is 1.69. The third kappa shape index (κ3) is 2.27. The molecule has 0 N–H and O–H groups in total. The minimum absolute atomic E-state index is 0.598. The standard InChI is InChI=1S/C6HCl3I2/c7-2-1-3(8)6(11)4(9)5(2)10/h1H. The van der Waals surface area contributed by atoms with Crippen LogP contribution in [0.5, 0.6) is 0 Å². The van der Waals surface area contributed by atoms with E-state index in [1.807, 2.05) is 0 Å². The molecule has 5 heteroatoms. The number of hydrogen-bond acceptors (Lipinski definition) is 0. The molecule has 60 valence electrons. The van der Waals surface area contributed by atoms with E-state index in [-0.39, 0.29) is 0 Å². The highest BCUT2D eigenvalue weighted by Crippen LogP contribution is 2.35. The molecular weight excluding hydrogens is 432 g/mol. The molecule has 11 heavy (non-hydrogen) atoms. The van der Waals surface area contributed by atoms with Crippen LogP contribution in [0.1, 0.15) is 0 Å². The van der Waals surface area contributed by atoms with Crippen molar-refractivity contribution in [3.05, 3.63) is 28.3 Å². The van der Waals surface area contributed by atoms with E-state index < -0.39 is 0 Å². The lowest BCUT2D eigenvalue weighted by Gasteiger charge is -2.03. The van der Waals surface area contributed by atoms with Gasteiger partial charge in [0, 0.05) is 0 Å². The van der Waals surface area contributed by atoms with Crippen LogP contribution < -0.4 is 0 Å². The Hall–Kier alpha value is 1.55. The summed E-state index contributed by atoms with van der Waals surface area (Å²) >= 11 is 21.7. The van der Waals surface area contributed by atoms with Gasteiger partial charge in [-0.05, 0) is 51.2 Å². The minimum atomic E-state index is 0.598. The second-order valence-corrected chi connectivity index (χ2v) is 5.13. The van der Waals surface area contributed by atoms with Crippen LogP contribution in [0.3, 0.4) is 0 Å². The highest BCUT2D eigenvalue weighted by atomic mass is 127. The molecule has 1 aromatic carbocycles. The molecule has 0 atom stereocenters. The summed E-state index contributed by atoms with van der Waals surface area (Å²) in [6.07, 6.45) is 0. The van der Waals surface area contributed by atoms with Crippen molar-refractivity contribution in [1.29, 1.82) is 0 Å². The Morgan fingerprint density at radius 2 is 1.27 bits per heavy atom. The maximum Gasteiger partial charge on any atom is 0.0703 e. The first-order chi connectivity index (χ1) is 5.04. The Bertz CT molecular complexity index is 272. The van der Waals surface area contributed by atoms with E-state index >= 15 is 0 Å². The van der Waals surface area contributed by atoms with Crippen molar-refractivity contribution in [1.82, 2.24) is 0 Å². The highest BCUT2D eigenvalue weighted by molar-refractivity contribution is 14.1. The van der Waals surface area contributed by atoms with Crippen molar-refractivity contribution < 1.29 is 0 Å². The van der Waals surface area contributed by atoms with Crippen LogP contribution in [0.2, 0.25) is 15.1 Å². The average Bonchev–Trinajstić information content (AvgIpc) is 1.97. The molecule has 0 aliphatic rings. The van der Waals surface area contributed by atoms with Gasteiger partial charge in [0.1, 0.15) is 0 Å². The quantitative estimate of drug-likeness (QED) is 0.312. The number of hydrogen-bond donors (Lipinski definition) is 0. The van der Waals surface area contributed by atoms with Crippen molar-refractivity contribution in [2.45, 2.75) is 0 Å². The fourth-order valence-corrected chi connectivity index (χ4v) is 2.67. The van der Waals surface area contributed by atoms with E-state index in [9.17, 15) is 0 Å². The normalized spacial score (nSPS) is 10.3. The van der Waals surface area contributed by atoms with Gasteiger partial charge in [0.15, 0.2) is 0 Å². The zero-order valence-corrected chi connectivity index (χ0v) is 11.5. The van der Waals surface area contributed by atoms with Gasteiger partial charge in [-0.1, -0.05) is 34.8 Å². The van der Waals surface area contributed by atoms with Crippen LogP contribution in [0.4, 0.5) is 0 Å². The summed E-state index contributed by atoms with van der Waals surface area (Å²) in [4.78, 5) is 0. The summed E-state index contributed by atoms with van der Waals surface area (Å²) in [5.41, 5.74) is 0. The first-order valence-corrected chi connectivity index (χ1v) is 5.81. The second-order valence-electron chi connectivity index (χ2n) is 1.78. The smallest absolute Gasteiger partial charge is 0.0703 e. The fraction of sp³-hybridized carbons (Fsp3) is 0. The molecular formula is C6HCl3I2. The SMILES string of the molecule is Clc1cc(Cl)c(I)c(Cl)c1I. The third-order valence-electron chi connectivity index (χ3n) is 1.06. The zero-order valence-electron chi connectivity index (χ0n) is 4.97. The molecule has 0 saturated carbocycles. The van der Waals surface area contributed by atoms with Gasteiger partial charge in [0.2, 0.25) is 0 Å². The molecule has 0 aromatic heterocycles. The Kier molecular flexibility index (Phi) is 4.03. The summed E-state index contributed by atoms with van der Waals surface area (Å²) in [5.74, 6) is 0. The van der Waals surface area contributed by atoms with Gasteiger partial charge in [0.25, 0.3) is 0 Å². The van der Waals surface area contributed by atoms with E-state index in [1.54, 1.807) is 6.07 Å². The lowest BCUT2D eigenvalue weighted by Crippen LogP contribution is -1.83. The maximum absolute atomic E-state index is 5.90. The molecule has 1 rings (SSSR count). The minimum Gasteiger partial charge on any atom is -0.0831 e. The van der Waals surface area contributed by atoms with Crippen molar-refractivity contribution >= 4 is 80.0 Å². The van der Waals surface area contributed by atoms with Crippen molar-refractivity contribution in [3.8, 4) is 0 Å². The molecule has 0 aliphatic carbocycles. The van der Waals surface area contributed by atoms with Gasteiger partial charge < -0.3 is 0 Å². The van der Waals surface area contributed by atoms with Crippen LogP contribution in [-0.2, 0) is 0 Å². The molecule has 0 fully saturated rings. The second kappa shape index (κ2) is 4.17. The summed E-state index contributed by atoms with van der Waals surface area (Å²) in [5, 5.41) is 1.82. The van der Waals surface area contributed by atoms with Crippen LogP contribution in [0, 0.1) is 7.14 Å². The van der Waals surface area contributed by atoms with Gasteiger partial charge in [-0.2, -0.15) is 0 Å². The predicted molar refractivity (Wildman–Crippen MR) is 66.9 cm³/mol. The average molecular weight is 433 g/mol. The number of benzene rings is 1. The van der Waals surface area contributed by atoms with E-state index in [4.69, 9.17) is 34.8 Å². The van der Waals surface area contributed by atoms with E-state index in [0.717, 1.165) is 7.14 Å². The molecule has 0 spiro atoms. The van der Waals surface area contributed by atoms with Crippen LogP contribution in [-0.4, -0.2) is 0 Å². The van der Waals surface area contributed by atoms with Gasteiger partial charge >= 0.3 is 0 Å². The predicted octanol–water partition coefficient (Wildman–Crippen LogP) is 4.86. The van der Waals surface area contributed by atoms with E-state index in [1.165, 1.54) is 0 Å². The zero-order chi connectivity index (χ0) is 8.59. The molecule has 1 aromatic rings. The van der Waals surface area contributed by atoms with Crippen LogP contribution in [0.15, 0.2) is 6.07 Å². The van der Waals surface area contributed by atoms with Crippen molar-refractivity contribution in [3.63, 3.8) is 0 Å². The Morgan fingerprint density at radius 3 is 1.64 bits per heavy atom. The van der Waals surface area contributed by atoms with Gasteiger partial charge in [0.05, 0.1) is 22.2 Å². The Labute approximate surface area is 107 Å². The fourth-order valence-electron chi connectivity index (χ4n) is 0.544. The third-order valence-corrected chi connectivity index (χ3v) is 5.55. The number of rotatable bonds is 0. The summed E-state index contributed by atoms with van der Waals surface area (Å²) < 4.78 is 1.69. The lowest BCUT2D eigenvalue weighted by atomic mass is 10.4. The van der Waals surface area contributed by atoms with Crippen molar-refractivity contribution in [2.75, 3.05) is 0 Å². The first kappa shape index (κ1) is 10.6. The summed E-state index contributed by atoms with van der Waals surface area (Å²) in [6.45, 7) is 0. The molecule has 0 bridgehead atoms. The maximum atomic E-state index is 5.90. The first-order valence-electron chi connectivity index (χ1n) is 2.52. The van der Waals surface area contributed by atoms with E-state index in [2.05, 4.69) is 45.2 Å². The molecule has 0 nitrogen and oxygen atoms in total. The molecule has 0 aliphatic heterocycles. The van der Waals surface area contributed by atoms with Crippen LogP contribution >= 0.6 is 80.0 Å². The van der Waals surface area contributed by atoms with Gasteiger partial charge in [-0.3, -0.25) is 0 Å². The molecule has 0 radical (unpaired) electrons. The highest BCUT2D eigenvalue weighted by Gasteiger charge is 2.09. The van der Waals surface area contributed by atoms with E-state index in [0.29, 0.717) is 15.1 Å². The molecule has 0 amide bonds. The molecule has 0 heterocycles. The Morgan fingerprint density at radius 1 is 0.909 bits per heavy atom. The van der Waals surface area contributed by atoms with Gasteiger partial charge in [-0.25, -0.2) is 0 Å². The topological polar surface area (TPSA) is 0 Å². The Balaban J connectivity index is 3.46. The summed E-state index contributed by atoms with van der Waals surface area (Å²) in [7, 11) is 0. The lowest BCUT2D eigenvalue weighted by molar-refractivity contribution is 1.59. The monoisotopic (exact) mass is 432 g/mol. The van der Waals surface area contributed by atoms with Gasteiger partial charge in [-0.15, -0.1) is 0 Å². The largest absolute Gasteiger partial charge is 0.0831 e. The molecule has 0 unspecified atom stereocenters. The van der Waals surface area contributed by atoms with Crippen LogP contribution in [0.25, 0.3) is 0 Å².